The van der Waals surface area contributed by atoms with Crippen molar-refractivity contribution >= 4 is 0 Å². The molecule has 0 heterocycles. The molecule has 0 saturated heterocycles. The Morgan fingerprint density at radius 2 is 2.10 bits per heavy atom. The first-order chi connectivity index (χ1) is 10.1. The van der Waals surface area contributed by atoms with Gasteiger partial charge in [-0.25, -0.2) is 4.39 Å². The molecule has 1 atom stereocenters. The lowest BCUT2D eigenvalue weighted by Crippen LogP contribution is -2.12. The van der Waals surface area contributed by atoms with Gasteiger partial charge >= 0.3 is 0 Å². The molecule has 4 heteroatoms. The van der Waals surface area contributed by atoms with Crippen LogP contribution in [0.1, 0.15) is 29.7 Å². The van der Waals surface area contributed by atoms with E-state index < -0.39 is 5.82 Å². The van der Waals surface area contributed by atoms with E-state index in [4.69, 9.17) is 10.00 Å². The van der Waals surface area contributed by atoms with Crippen LogP contribution in [0.15, 0.2) is 42.5 Å². The van der Waals surface area contributed by atoms with Gasteiger partial charge in [-0.15, -0.1) is 0 Å². The van der Waals surface area contributed by atoms with Gasteiger partial charge in [-0.1, -0.05) is 18.2 Å². The van der Waals surface area contributed by atoms with Crippen molar-refractivity contribution in [1.82, 2.24) is 5.32 Å². The van der Waals surface area contributed by atoms with Gasteiger partial charge in [-0.3, -0.25) is 0 Å². The maximum Gasteiger partial charge on any atom is 0.131 e. The number of rotatable bonds is 5. The minimum Gasteiger partial charge on any atom is -0.489 e. The molecule has 1 N–H and O–H groups in total. The van der Waals surface area contributed by atoms with Gasteiger partial charge in [0.15, 0.2) is 0 Å². The van der Waals surface area contributed by atoms with E-state index in [0.717, 1.165) is 5.56 Å². The van der Waals surface area contributed by atoms with Crippen molar-refractivity contribution in [2.75, 3.05) is 7.05 Å². The second kappa shape index (κ2) is 6.87. The fraction of sp³-hybridized carbons (Fsp3) is 0.235. The fourth-order valence-electron chi connectivity index (χ4n) is 1.94. The molecule has 0 aliphatic rings. The molecule has 2 aromatic carbocycles. The number of nitrogens with one attached hydrogen (secondary N) is 1. The van der Waals surface area contributed by atoms with Gasteiger partial charge in [-0.2, -0.15) is 5.26 Å². The normalized spacial score (nSPS) is 11.7. The number of ether oxygens (including phenoxy) is 1. The molecule has 0 spiro atoms. The standard InChI is InChI=1S/C17H17FN2O/c1-12(20-2)14-4-3-5-16(9-14)21-11-15-7-6-13(10-19)8-17(15)18/h3-9,12,20H,11H2,1-2H3. The zero-order chi connectivity index (χ0) is 15.2. The first kappa shape index (κ1) is 15.0. The fourth-order valence-corrected chi connectivity index (χ4v) is 1.94. The highest BCUT2D eigenvalue weighted by molar-refractivity contribution is 5.34. The predicted molar refractivity (Wildman–Crippen MR) is 79.4 cm³/mol. The summed E-state index contributed by atoms with van der Waals surface area (Å²) in [4.78, 5) is 0. The third-order valence-electron chi connectivity index (χ3n) is 3.37. The van der Waals surface area contributed by atoms with Gasteiger partial charge in [-0.05, 0) is 43.8 Å². The summed E-state index contributed by atoms with van der Waals surface area (Å²) >= 11 is 0. The Morgan fingerprint density at radius 1 is 1.29 bits per heavy atom. The monoisotopic (exact) mass is 284 g/mol. The van der Waals surface area contributed by atoms with Gasteiger partial charge < -0.3 is 10.1 Å². The molecule has 0 bridgehead atoms. The van der Waals surface area contributed by atoms with E-state index in [1.165, 1.54) is 6.07 Å². The summed E-state index contributed by atoms with van der Waals surface area (Å²) in [5, 5.41) is 11.9. The van der Waals surface area contributed by atoms with E-state index in [1.54, 1.807) is 12.1 Å². The van der Waals surface area contributed by atoms with E-state index in [9.17, 15) is 4.39 Å². The molecule has 0 amide bonds. The van der Waals surface area contributed by atoms with Crippen LogP contribution in [0.5, 0.6) is 5.75 Å². The number of benzene rings is 2. The average Bonchev–Trinajstić information content (AvgIpc) is 2.53. The number of halogens is 1. The maximum absolute atomic E-state index is 13.8. The van der Waals surface area contributed by atoms with E-state index in [1.807, 2.05) is 37.4 Å². The molecule has 0 saturated carbocycles. The van der Waals surface area contributed by atoms with E-state index in [0.29, 0.717) is 16.9 Å². The highest BCUT2D eigenvalue weighted by Gasteiger charge is 2.06. The Bertz CT molecular complexity index is 664. The van der Waals surface area contributed by atoms with Gasteiger partial charge in [0.25, 0.3) is 0 Å². The van der Waals surface area contributed by atoms with Crippen molar-refractivity contribution in [3.05, 3.63) is 65.0 Å². The van der Waals surface area contributed by atoms with Crippen LogP contribution in [0.4, 0.5) is 4.39 Å². The number of nitriles is 1. The molecular weight excluding hydrogens is 267 g/mol. The lowest BCUT2D eigenvalue weighted by molar-refractivity contribution is 0.299. The first-order valence-electron chi connectivity index (χ1n) is 6.72. The van der Waals surface area contributed by atoms with Crippen LogP contribution in [0.2, 0.25) is 0 Å². The summed E-state index contributed by atoms with van der Waals surface area (Å²) in [6.07, 6.45) is 0. The second-order valence-corrected chi connectivity index (χ2v) is 4.79. The molecule has 108 valence electrons. The van der Waals surface area contributed by atoms with Crippen molar-refractivity contribution in [1.29, 1.82) is 5.26 Å². The van der Waals surface area contributed by atoms with Crippen LogP contribution in [0.3, 0.4) is 0 Å². The Balaban J connectivity index is 2.08. The summed E-state index contributed by atoms with van der Waals surface area (Å²) in [5.74, 6) is 0.271. The zero-order valence-corrected chi connectivity index (χ0v) is 12.1. The van der Waals surface area contributed by atoms with Gasteiger partial charge in [0.05, 0.1) is 11.6 Å². The summed E-state index contributed by atoms with van der Waals surface area (Å²) in [7, 11) is 1.89. The van der Waals surface area contributed by atoms with Crippen LogP contribution in [0.25, 0.3) is 0 Å². The number of hydrogen-bond donors (Lipinski definition) is 1. The van der Waals surface area contributed by atoms with Crippen LogP contribution in [0, 0.1) is 17.1 Å². The van der Waals surface area contributed by atoms with E-state index in [-0.39, 0.29) is 12.6 Å². The lowest BCUT2D eigenvalue weighted by atomic mass is 10.1. The topological polar surface area (TPSA) is 45.0 Å². The summed E-state index contributed by atoms with van der Waals surface area (Å²) in [6.45, 7) is 2.19. The largest absolute Gasteiger partial charge is 0.489 e. The second-order valence-electron chi connectivity index (χ2n) is 4.79. The molecule has 1 unspecified atom stereocenters. The van der Waals surface area contributed by atoms with Crippen molar-refractivity contribution in [2.24, 2.45) is 0 Å². The van der Waals surface area contributed by atoms with Crippen LogP contribution in [-0.2, 0) is 6.61 Å². The van der Waals surface area contributed by atoms with Crippen LogP contribution >= 0.6 is 0 Å². The van der Waals surface area contributed by atoms with E-state index >= 15 is 0 Å². The SMILES string of the molecule is CNC(C)c1cccc(OCc2ccc(C#N)cc2F)c1. The quantitative estimate of drug-likeness (QED) is 0.913. The van der Waals surface area contributed by atoms with Crippen molar-refractivity contribution in [2.45, 2.75) is 19.6 Å². The third kappa shape index (κ3) is 3.80. The lowest BCUT2D eigenvalue weighted by Gasteiger charge is -2.13. The number of nitrogens with zero attached hydrogens (tertiary/aromatic N) is 1. The Labute approximate surface area is 124 Å². The molecule has 0 aromatic heterocycles. The van der Waals surface area contributed by atoms with Crippen LogP contribution in [-0.4, -0.2) is 7.05 Å². The molecule has 0 fully saturated rings. The molecule has 21 heavy (non-hydrogen) atoms. The number of hydrogen-bond acceptors (Lipinski definition) is 3. The van der Waals surface area contributed by atoms with Gasteiger partial charge in [0.2, 0.25) is 0 Å². The van der Waals surface area contributed by atoms with Gasteiger partial charge in [0, 0.05) is 11.6 Å². The summed E-state index contributed by atoms with van der Waals surface area (Å²) in [5.41, 5.74) is 1.84. The highest BCUT2D eigenvalue weighted by atomic mass is 19.1. The zero-order valence-electron chi connectivity index (χ0n) is 12.1. The molecule has 0 radical (unpaired) electrons. The third-order valence-corrected chi connectivity index (χ3v) is 3.37. The molecular formula is C17H17FN2O. The average molecular weight is 284 g/mol. The van der Waals surface area contributed by atoms with Gasteiger partial charge in [0.1, 0.15) is 18.2 Å². The summed E-state index contributed by atoms with van der Waals surface area (Å²) < 4.78 is 19.4. The minimum atomic E-state index is -0.422. The molecule has 0 aliphatic heterocycles. The Kier molecular flexibility index (Phi) is 4.91. The molecule has 2 aromatic rings. The predicted octanol–water partition coefficient (Wildman–Crippen LogP) is 3.56. The molecule has 2 rings (SSSR count). The molecule has 0 aliphatic carbocycles. The van der Waals surface area contributed by atoms with Crippen LogP contribution < -0.4 is 10.1 Å². The van der Waals surface area contributed by atoms with E-state index in [2.05, 4.69) is 12.2 Å². The smallest absolute Gasteiger partial charge is 0.131 e. The maximum atomic E-state index is 13.8. The Morgan fingerprint density at radius 3 is 2.76 bits per heavy atom. The van der Waals surface area contributed by atoms with Crippen molar-refractivity contribution in [3.8, 4) is 11.8 Å². The van der Waals surface area contributed by atoms with Crippen molar-refractivity contribution in [3.63, 3.8) is 0 Å². The summed E-state index contributed by atoms with van der Waals surface area (Å²) in [6, 6.07) is 14.2. The Hall–Kier alpha value is -2.38. The minimum absolute atomic E-state index is 0.134. The van der Waals surface area contributed by atoms with Crippen molar-refractivity contribution < 1.29 is 9.13 Å². The highest BCUT2D eigenvalue weighted by Crippen LogP contribution is 2.20. The first-order valence-corrected chi connectivity index (χ1v) is 6.72. The molecule has 3 nitrogen and oxygen atoms in total.